The Morgan fingerprint density at radius 1 is 1.26 bits per heavy atom. The molecule has 2 aromatic rings. The molecule has 0 aliphatic carbocycles. The summed E-state index contributed by atoms with van der Waals surface area (Å²) in [5, 5.41) is 10.0. The van der Waals surface area contributed by atoms with Crippen molar-refractivity contribution in [1.82, 2.24) is 9.55 Å². The minimum Gasteiger partial charge on any atom is -0.393 e. The number of para-hydroxylation sites is 2. The molecule has 0 bridgehead atoms. The van der Waals surface area contributed by atoms with Crippen molar-refractivity contribution < 1.29 is 5.11 Å². The Kier molecular flexibility index (Phi) is 3.95. The maximum Gasteiger partial charge on any atom is 0.109 e. The summed E-state index contributed by atoms with van der Waals surface area (Å²) in [4.78, 5) is 4.65. The van der Waals surface area contributed by atoms with Gasteiger partial charge in [-0.25, -0.2) is 4.98 Å². The molecular weight excluding hydrogens is 236 g/mol. The first-order valence-electron chi connectivity index (χ1n) is 6.98. The topological polar surface area (TPSA) is 38.0 Å². The van der Waals surface area contributed by atoms with Gasteiger partial charge in [0.1, 0.15) is 5.82 Å². The van der Waals surface area contributed by atoms with E-state index in [0.29, 0.717) is 0 Å². The lowest BCUT2D eigenvalue weighted by molar-refractivity contribution is 0.0539. The minimum absolute atomic E-state index is 0.0354. The standard InChI is InChI=1S/C16H24N2O/c1-16(2,3)14(19)10-7-11-15-17-12-8-5-6-9-13(12)18(15)4/h5-6,8-9,14,19H,7,10-11H2,1-4H3. The normalized spacial score (nSPS) is 13.9. The van der Waals surface area contributed by atoms with Gasteiger partial charge < -0.3 is 9.67 Å². The lowest BCUT2D eigenvalue weighted by atomic mass is 9.86. The van der Waals surface area contributed by atoms with Crippen molar-refractivity contribution in [3.8, 4) is 0 Å². The predicted molar refractivity (Wildman–Crippen MR) is 79.1 cm³/mol. The Morgan fingerprint density at radius 3 is 2.58 bits per heavy atom. The van der Waals surface area contributed by atoms with E-state index in [-0.39, 0.29) is 11.5 Å². The molecule has 1 atom stereocenters. The second-order valence-electron chi connectivity index (χ2n) is 6.35. The van der Waals surface area contributed by atoms with Crippen LogP contribution in [0.5, 0.6) is 0 Å². The number of hydrogen-bond donors (Lipinski definition) is 1. The van der Waals surface area contributed by atoms with Crippen LogP contribution >= 0.6 is 0 Å². The molecule has 0 radical (unpaired) electrons. The molecule has 1 unspecified atom stereocenters. The largest absolute Gasteiger partial charge is 0.393 e. The van der Waals surface area contributed by atoms with E-state index in [4.69, 9.17) is 0 Å². The second-order valence-corrected chi connectivity index (χ2v) is 6.35. The summed E-state index contributed by atoms with van der Waals surface area (Å²) in [6.45, 7) is 6.23. The fraction of sp³-hybridized carbons (Fsp3) is 0.562. The van der Waals surface area contributed by atoms with E-state index in [9.17, 15) is 5.11 Å². The monoisotopic (exact) mass is 260 g/mol. The summed E-state index contributed by atoms with van der Waals surface area (Å²) in [5.41, 5.74) is 2.19. The quantitative estimate of drug-likeness (QED) is 0.916. The number of aromatic nitrogens is 2. The Balaban J connectivity index is 2.01. The van der Waals surface area contributed by atoms with E-state index < -0.39 is 0 Å². The average Bonchev–Trinajstić information content (AvgIpc) is 2.66. The van der Waals surface area contributed by atoms with Crippen LogP contribution in [0.2, 0.25) is 0 Å². The van der Waals surface area contributed by atoms with Crippen molar-refractivity contribution in [1.29, 1.82) is 0 Å². The van der Waals surface area contributed by atoms with Crippen LogP contribution in [0, 0.1) is 5.41 Å². The first-order valence-corrected chi connectivity index (χ1v) is 6.98. The molecule has 0 fully saturated rings. The van der Waals surface area contributed by atoms with Crippen LogP contribution in [0.1, 0.15) is 39.4 Å². The molecule has 0 saturated carbocycles. The van der Waals surface area contributed by atoms with Crippen LogP contribution in [0.15, 0.2) is 24.3 Å². The van der Waals surface area contributed by atoms with Crippen LogP contribution in [-0.2, 0) is 13.5 Å². The zero-order valence-corrected chi connectivity index (χ0v) is 12.3. The number of rotatable bonds is 4. The SMILES string of the molecule is Cn1c(CCCC(O)C(C)(C)C)nc2ccccc21. The number of aryl methyl sites for hydroxylation is 2. The lowest BCUT2D eigenvalue weighted by Crippen LogP contribution is -2.25. The highest BCUT2D eigenvalue weighted by Crippen LogP contribution is 2.23. The molecule has 2 rings (SSSR count). The number of aliphatic hydroxyl groups is 1. The van der Waals surface area contributed by atoms with E-state index >= 15 is 0 Å². The molecule has 0 aliphatic rings. The number of nitrogens with zero attached hydrogens (tertiary/aromatic N) is 2. The van der Waals surface area contributed by atoms with Crippen molar-refractivity contribution in [2.75, 3.05) is 0 Å². The summed E-state index contributed by atoms with van der Waals surface area (Å²) in [5.74, 6) is 1.10. The van der Waals surface area contributed by atoms with Crippen molar-refractivity contribution in [2.24, 2.45) is 12.5 Å². The minimum atomic E-state index is -0.248. The first kappa shape index (κ1) is 14.1. The molecule has 1 aromatic heterocycles. The number of benzene rings is 1. The van der Waals surface area contributed by atoms with Gasteiger partial charge in [0, 0.05) is 13.5 Å². The fourth-order valence-electron chi connectivity index (χ4n) is 2.31. The molecule has 1 N–H and O–H groups in total. The highest BCUT2D eigenvalue weighted by molar-refractivity contribution is 5.75. The van der Waals surface area contributed by atoms with Gasteiger partial charge in [0.25, 0.3) is 0 Å². The Morgan fingerprint density at radius 2 is 1.95 bits per heavy atom. The van der Waals surface area contributed by atoms with Crippen molar-refractivity contribution in [3.63, 3.8) is 0 Å². The Labute approximate surface area is 115 Å². The van der Waals surface area contributed by atoms with Crippen LogP contribution in [0.25, 0.3) is 11.0 Å². The van der Waals surface area contributed by atoms with Gasteiger partial charge in [0.05, 0.1) is 17.1 Å². The van der Waals surface area contributed by atoms with Crippen molar-refractivity contribution in [2.45, 2.75) is 46.1 Å². The molecule has 0 saturated heterocycles. The molecule has 104 valence electrons. The molecule has 19 heavy (non-hydrogen) atoms. The van der Waals surface area contributed by atoms with Crippen LogP contribution in [-0.4, -0.2) is 20.8 Å². The van der Waals surface area contributed by atoms with Gasteiger partial charge in [-0.15, -0.1) is 0 Å². The van der Waals surface area contributed by atoms with Crippen LogP contribution in [0.3, 0.4) is 0 Å². The second kappa shape index (κ2) is 5.33. The zero-order valence-electron chi connectivity index (χ0n) is 12.3. The molecule has 1 aromatic carbocycles. The summed E-state index contributed by atoms with van der Waals surface area (Å²) in [6, 6.07) is 8.19. The summed E-state index contributed by atoms with van der Waals surface area (Å²) in [7, 11) is 2.06. The van der Waals surface area contributed by atoms with Gasteiger partial charge in [0.15, 0.2) is 0 Å². The molecule has 3 heteroatoms. The van der Waals surface area contributed by atoms with Gasteiger partial charge in [-0.2, -0.15) is 0 Å². The summed E-state index contributed by atoms with van der Waals surface area (Å²) >= 11 is 0. The number of hydrogen-bond acceptors (Lipinski definition) is 2. The first-order chi connectivity index (χ1) is 8.89. The molecule has 3 nitrogen and oxygen atoms in total. The maximum absolute atomic E-state index is 10.0. The highest BCUT2D eigenvalue weighted by Gasteiger charge is 2.21. The Bertz CT molecular complexity index is 551. The van der Waals surface area contributed by atoms with Crippen molar-refractivity contribution in [3.05, 3.63) is 30.1 Å². The third-order valence-electron chi connectivity index (χ3n) is 3.76. The highest BCUT2D eigenvalue weighted by atomic mass is 16.3. The van der Waals surface area contributed by atoms with Crippen LogP contribution < -0.4 is 0 Å². The third kappa shape index (κ3) is 3.16. The number of aliphatic hydroxyl groups excluding tert-OH is 1. The van der Waals surface area contributed by atoms with E-state index in [2.05, 4.69) is 43.4 Å². The molecule has 0 spiro atoms. The maximum atomic E-state index is 10.0. The average molecular weight is 260 g/mol. The van der Waals surface area contributed by atoms with Crippen molar-refractivity contribution >= 4 is 11.0 Å². The number of fused-ring (bicyclic) bond motifs is 1. The molecular formula is C16H24N2O. The van der Waals surface area contributed by atoms with Gasteiger partial charge in [-0.05, 0) is 30.4 Å². The van der Waals surface area contributed by atoms with Gasteiger partial charge >= 0.3 is 0 Å². The number of imidazole rings is 1. The smallest absolute Gasteiger partial charge is 0.109 e. The Hall–Kier alpha value is -1.35. The third-order valence-corrected chi connectivity index (χ3v) is 3.76. The zero-order chi connectivity index (χ0) is 14.0. The van der Waals surface area contributed by atoms with E-state index in [1.54, 1.807) is 0 Å². The van der Waals surface area contributed by atoms with E-state index in [0.717, 1.165) is 30.6 Å². The molecule has 1 heterocycles. The van der Waals surface area contributed by atoms with Gasteiger partial charge in [-0.3, -0.25) is 0 Å². The van der Waals surface area contributed by atoms with Crippen LogP contribution in [0.4, 0.5) is 0 Å². The van der Waals surface area contributed by atoms with E-state index in [1.165, 1.54) is 5.52 Å². The van der Waals surface area contributed by atoms with E-state index in [1.807, 2.05) is 18.2 Å². The summed E-state index contributed by atoms with van der Waals surface area (Å²) < 4.78 is 2.15. The fourth-order valence-corrected chi connectivity index (χ4v) is 2.31. The molecule has 0 amide bonds. The predicted octanol–water partition coefficient (Wildman–Crippen LogP) is 3.30. The summed E-state index contributed by atoms with van der Waals surface area (Å²) in [6.07, 6.45) is 2.46. The molecule has 0 aliphatic heterocycles. The van der Waals surface area contributed by atoms with Gasteiger partial charge in [0.2, 0.25) is 0 Å². The lowest BCUT2D eigenvalue weighted by Gasteiger charge is -2.25. The van der Waals surface area contributed by atoms with Gasteiger partial charge in [-0.1, -0.05) is 32.9 Å².